The molecular weight excluding hydrogens is 320 g/mol. The standard InChI is InChI=1S/C18H12N4O3/c23-17(21-13-6-7-15-14(8-13)22-18(24)25-15)12-9-19-16(20-10-12)11-4-2-1-3-5-11/h1-10H,(H,21,23)(H,22,24). The van der Waals surface area contributed by atoms with Crippen molar-refractivity contribution in [2.24, 2.45) is 0 Å². The van der Waals surface area contributed by atoms with E-state index in [9.17, 15) is 9.59 Å². The topological polar surface area (TPSA) is 101 Å². The third-order valence-electron chi connectivity index (χ3n) is 3.62. The smallest absolute Gasteiger partial charge is 0.408 e. The van der Waals surface area contributed by atoms with E-state index in [1.807, 2.05) is 30.3 Å². The molecule has 2 N–H and O–H groups in total. The number of rotatable bonds is 3. The molecule has 0 aliphatic heterocycles. The van der Waals surface area contributed by atoms with Gasteiger partial charge in [-0.3, -0.25) is 9.78 Å². The molecule has 2 aromatic carbocycles. The number of hydrogen-bond donors (Lipinski definition) is 2. The first-order valence-corrected chi connectivity index (χ1v) is 7.51. The molecule has 122 valence electrons. The molecule has 7 heteroatoms. The molecule has 1 amide bonds. The second kappa shape index (κ2) is 6.04. The molecule has 7 nitrogen and oxygen atoms in total. The minimum atomic E-state index is -0.539. The number of aromatic amines is 1. The van der Waals surface area contributed by atoms with Gasteiger partial charge in [0.1, 0.15) is 0 Å². The summed E-state index contributed by atoms with van der Waals surface area (Å²) in [6, 6.07) is 14.4. The number of amides is 1. The number of carbonyl (C=O) groups is 1. The summed E-state index contributed by atoms with van der Waals surface area (Å²) in [7, 11) is 0. The number of hydrogen-bond acceptors (Lipinski definition) is 5. The second-order valence-electron chi connectivity index (χ2n) is 5.34. The molecule has 0 fully saturated rings. The van der Waals surface area contributed by atoms with Crippen LogP contribution in [0.3, 0.4) is 0 Å². The Kier molecular flexibility index (Phi) is 3.59. The highest BCUT2D eigenvalue weighted by Gasteiger charge is 2.10. The lowest BCUT2D eigenvalue weighted by Crippen LogP contribution is -2.12. The highest BCUT2D eigenvalue weighted by molar-refractivity contribution is 6.04. The summed E-state index contributed by atoms with van der Waals surface area (Å²) in [4.78, 5) is 34.5. The number of benzene rings is 2. The first-order chi connectivity index (χ1) is 12.2. The maximum Gasteiger partial charge on any atom is 0.417 e. The minimum absolute atomic E-state index is 0.334. The highest BCUT2D eigenvalue weighted by Crippen LogP contribution is 2.17. The van der Waals surface area contributed by atoms with Crippen molar-refractivity contribution in [3.8, 4) is 11.4 Å². The Morgan fingerprint density at radius 3 is 2.56 bits per heavy atom. The SMILES string of the molecule is O=C(Nc1ccc2oc(=O)[nH]c2c1)c1cnc(-c2ccccc2)nc1. The van der Waals surface area contributed by atoms with Crippen molar-refractivity contribution in [3.63, 3.8) is 0 Å². The molecule has 0 spiro atoms. The monoisotopic (exact) mass is 332 g/mol. The molecule has 0 bridgehead atoms. The fourth-order valence-corrected chi connectivity index (χ4v) is 2.41. The van der Waals surface area contributed by atoms with E-state index in [0.717, 1.165) is 5.56 Å². The van der Waals surface area contributed by atoms with E-state index in [4.69, 9.17) is 4.42 Å². The lowest BCUT2D eigenvalue weighted by atomic mass is 10.2. The van der Waals surface area contributed by atoms with Crippen LogP contribution in [0.5, 0.6) is 0 Å². The number of carbonyl (C=O) groups excluding carboxylic acids is 1. The van der Waals surface area contributed by atoms with E-state index in [0.29, 0.717) is 28.2 Å². The lowest BCUT2D eigenvalue weighted by Gasteiger charge is -2.05. The van der Waals surface area contributed by atoms with Crippen LogP contribution in [0, 0.1) is 0 Å². The van der Waals surface area contributed by atoms with Gasteiger partial charge in [0.25, 0.3) is 5.91 Å². The summed E-state index contributed by atoms with van der Waals surface area (Å²) in [5.74, 6) is -0.331. The van der Waals surface area contributed by atoms with E-state index in [1.54, 1.807) is 18.2 Å². The quantitative estimate of drug-likeness (QED) is 0.601. The third-order valence-corrected chi connectivity index (χ3v) is 3.62. The Morgan fingerprint density at radius 1 is 1.04 bits per heavy atom. The number of oxazole rings is 1. The number of nitrogens with zero attached hydrogens (tertiary/aromatic N) is 2. The first-order valence-electron chi connectivity index (χ1n) is 7.51. The summed E-state index contributed by atoms with van der Waals surface area (Å²) >= 11 is 0. The van der Waals surface area contributed by atoms with Crippen LogP contribution in [0.2, 0.25) is 0 Å². The van der Waals surface area contributed by atoms with Crippen molar-refractivity contribution in [2.45, 2.75) is 0 Å². The van der Waals surface area contributed by atoms with Crippen LogP contribution in [0.4, 0.5) is 5.69 Å². The van der Waals surface area contributed by atoms with Crippen LogP contribution in [-0.2, 0) is 0 Å². The van der Waals surface area contributed by atoms with Crippen LogP contribution in [0.25, 0.3) is 22.5 Å². The van der Waals surface area contributed by atoms with Crippen molar-refractivity contribution in [3.05, 3.63) is 77.0 Å². The zero-order valence-corrected chi connectivity index (χ0v) is 12.9. The van der Waals surface area contributed by atoms with Crippen LogP contribution >= 0.6 is 0 Å². The Labute approximate surface area is 141 Å². The van der Waals surface area contributed by atoms with Gasteiger partial charge < -0.3 is 9.73 Å². The third kappa shape index (κ3) is 3.02. The van der Waals surface area contributed by atoms with Crippen molar-refractivity contribution < 1.29 is 9.21 Å². The molecule has 2 heterocycles. The van der Waals surface area contributed by atoms with Gasteiger partial charge in [-0.2, -0.15) is 0 Å². The lowest BCUT2D eigenvalue weighted by molar-refractivity contribution is 0.102. The normalized spacial score (nSPS) is 10.7. The van der Waals surface area contributed by atoms with Crippen molar-refractivity contribution >= 4 is 22.7 Å². The molecule has 0 aliphatic carbocycles. The molecule has 0 aliphatic rings. The van der Waals surface area contributed by atoms with E-state index in [-0.39, 0.29) is 5.91 Å². The fourth-order valence-electron chi connectivity index (χ4n) is 2.41. The Balaban J connectivity index is 1.54. The molecule has 25 heavy (non-hydrogen) atoms. The number of fused-ring (bicyclic) bond motifs is 1. The molecule has 0 saturated carbocycles. The summed E-state index contributed by atoms with van der Waals surface area (Å²) in [6.07, 6.45) is 2.95. The number of anilines is 1. The molecule has 0 radical (unpaired) electrons. The predicted molar refractivity (Wildman–Crippen MR) is 92.3 cm³/mol. The van der Waals surface area contributed by atoms with Gasteiger partial charge in [-0.25, -0.2) is 14.8 Å². The minimum Gasteiger partial charge on any atom is -0.408 e. The summed E-state index contributed by atoms with van der Waals surface area (Å²) in [5, 5.41) is 2.74. The average Bonchev–Trinajstić information content (AvgIpc) is 3.02. The molecule has 0 saturated heterocycles. The van der Waals surface area contributed by atoms with Crippen LogP contribution in [0.15, 0.2) is 70.1 Å². The van der Waals surface area contributed by atoms with Crippen LogP contribution < -0.4 is 11.1 Å². The molecule has 0 atom stereocenters. The zero-order chi connectivity index (χ0) is 17.2. The van der Waals surface area contributed by atoms with Crippen molar-refractivity contribution in [1.82, 2.24) is 15.0 Å². The van der Waals surface area contributed by atoms with Gasteiger partial charge in [-0.05, 0) is 18.2 Å². The predicted octanol–water partition coefficient (Wildman–Crippen LogP) is 2.83. The molecule has 2 aromatic heterocycles. The molecule has 4 rings (SSSR count). The van der Waals surface area contributed by atoms with E-state index < -0.39 is 5.76 Å². The van der Waals surface area contributed by atoms with Gasteiger partial charge in [0.15, 0.2) is 11.4 Å². The van der Waals surface area contributed by atoms with Gasteiger partial charge in [0, 0.05) is 23.6 Å². The Bertz CT molecular complexity index is 1100. The van der Waals surface area contributed by atoms with Crippen molar-refractivity contribution in [2.75, 3.05) is 5.32 Å². The second-order valence-corrected chi connectivity index (χ2v) is 5.34. The van der Waals surface area contributed by atoms with Crippen molar-refractivity contribution in [1.29, 1.82) is 0 Å². The van der Waals surface area contributed by atoms with Gasteiger partial charge in [-0.15, -0.1) is 0 Å². The summed E-state index contributed by atoms with van der Waals surface area (Å²) < 4.78 is 4.92. The number of aromatic nitrogens is 3. The van der Waals surface area contributed by atoms with Gasteiger partial charge in [0.05, 0.1) is 11.1 Å². The number of nitrogens with one attached hydrogen (secondary N) is 2. The maximum absolute atomic E-state index is 12.3. The molecule has 0 unspecified atom stereocenters. The fraction of sp³-hybridized carbons (Fsp3) is 0. The van der Waals surface area contributed by atoms with Gasteiger partial charge >= 0.3 is 5.76 Å². The average molecular weight is 332 g/mol. The van der Waals surface area contributed by atoms with Gasteiger partial charge in [-0.1, -0.05) is 30.3 Å². The zero-order valence-electron chi connectivity index (χ0n) is 12.9. The van der Waals surface area contributed by atoms with Crippen LogP contribution in [0.1, 0.15) is 10.4 Å². The van der Waals surface area contributed by atoms with Gasteiger partial charge in [0.2, 0.25) is 0 Å². The Morgan fingerprint density at radius 2 is 1.80 bits per heavy atom. The summed E-state index contributed by atoms with van der Waals surface area (Å²) in [6.45, 7) is 0. The van der Waals surface area contributed by atoms with E-state index in [1.165, 1.54) is 12.4 Å². The molecule has 4 aromatic rings. The number of H-pyrrole nitrogens is 1. The highest BCUT2D eigenvalue weighted by atomic mass is 16.4. The molecular formula is C18H12N4O3. The maximum atomic E-state index is 12.3. The largest absolute Gasteiger partial charge is 0.417 e. The first kappa shape index (κ1) is 14.8. The van der Waals surface area contributed by atoms with E-state index in [2.05, 4.69) is 20.3 Å². The van der Waals surface area contributed by atoms with E-state index >= 15 is 0 Å². The summed E-state index contributed by atoms with van der Waals surface area (Å²) in [5.41, 5.74) is 2.68. The van der Waals surface area contributed by atoms with Crippen LogP contribution in [-0.4, -0.2) is 20.9 Å². The Hall–Kier alpha value is -3.74.